The minimum Gasteiger partial charge on any atom is -0.493 e. The molecule has 1 amide bonds. The molecule has 32 heavy (non-hydrogen) atoms. The Balaban J connectivity index is 1.69. The van der Waals surface area contributed by atoms with E-state index in [2.05, 4.69) is 20.2 Å². The Hall–Kier alpha value is -3.55. The highest BCUT2D eigenvalue weighted by molar-refractivity contribution is 5.97. The van der Waals surface area contributed by atoms with Crippen LogP contribution in [0.4, 0.5) is 5.69 Å². The van der Waals surface area contributed by atoms with Crippen molar-refractivity contribution in [2.75, 3.05) is 25.7 Å². The number of H-pyrrole nitrogens is 1. The molecule has 1 aliphatic rings. The molecule has 168 valence electrons. The summed E-state index contributed by atoms with van der Waals surface area (Å²) >= 11 is 0. The summed E-state index contributed by atoms with van der Waals surface area (Å²) in [5, 5.41) is 3.42. The van der Waals surface area contributed by atoms with Crippen LogP contribution >= 0.6 is 0 Å². The molecular weight excluding hydrogens is 408 g/mol. The monoisotopic (exact) mass is 436 g/mol. The molecule has 1 aliphatic heterocycles. The maximum Gasteiger partial charge on any atom is 0.258 e. The predicted octanol–water partition coefficient (Wildman–Crippen LogP) is 3.03. The van der Waals surface area contributed by atoms with E-state index in [1.54, 1.807) is 19.2 Å². The van der Waals surface area contributed by atoms with Gasteiger partial charge in [-0.15, -0.1) is 0 Å². The number of rotatable bonds is 6. The van der Waals surface area contributed by atoms with Gasteiger partial charge in [0.2, 0.25) is 0 Å². The zero-order valence-corrected chi connectivity index (χ0v) is 18.8. The number of carbonyl (C=O) groups is 1. The molecule has 8 heteroatoms. The van der Waals surface area contributed by atoms with Gasteiger partial charge >= 0.3 is 0 Å². The number of benzene rings is 2. The van der Waals surface area contributed by atoms with Crippen molar-refractivity contribution < 1.29 is 14.3 Å². The molecule has 0 saturated heterocycles. The van der Waals surface area contributed by atoms with Crippen molar-refractivity contribution in [3.63, 3.8) is 0 Å². The van der Waals surface area contributed by atoms with E-state index in [0.29, 0.717) is 40.3 Å². The number of aromatic amines is 1. The maximum atomic E-state index is 12.7. The van der Waals surface area contributed by atoms with Gasteiger partial charge in [-0.2, -0.15) is 0 Å². The van der Waals surface area contributed by atoms with Gasteiger partial charge in [-0.25, -0.2) is 4.98 Å². The molecule has 0 spiro atoms. The zero-order chi connectivity index (χ0) is 22.8. The summed E-state index contributed by atoms with van der Waals surface area (Å²) < 4.78 is 10.7. The van der Waals surface area contributed by atoms with Crippen LogP contribution < -0.4 is 25.2 Å². The Kier molecular flexibility index (Phi) is 6.03. The molecule has 2 heterocycles. The van der Waals surface area contributed by atoms with Crippen LogP contribution in [0, 0.1) is 0 Å². The fourth-order valence-corrected chi connectivity index (χ4v) is 4.19. The number of anilines is 1. The Labute approximate surface area is 186 Å². The Morgan fingerprint density at radius 3 is 2.69 bits per heavy atom. The van der Waals surface area contributed by atoms with Crippen molar-refractivity contribution >= 4 is 22.5 Å². The lowest BCUT2D eigenvalue weighted by atomic mass is 9.95. The number of nitrogens with one attached hydrogen (secondary N) is 2. The van der Waals surface area contributed by atoms with Gasteiger partial charge in [0.15, 0.2) is 11.5 Å². The summed E-state index contributed by atoms with van der Waals surface area (Å²) in [6.07, 6.45) is 1.76. The van der Waals surface area contributed by atoms with Crippen molar-refractivity contribution in [1.29, 1.82) is 0 Å². The molecule has 0 saturated carbocycles. The van der Waals surface area contributed by atoms with E-state index >= 15 is 0 Å². The fourth-order valence-electron chi connectivity index (χ4n) is 4.19. The van der Waals surface area contributed by atoms with Crippen LogP contribution in [-0.2, 0) is 13.0 Å². The molecule has 8 nitrogen and oxygen atoms in total. The Morgan fingerprint density at radius 1 is 1.22 bits per heavy atom. The third kappa shape index (κ3) is 4.12. The standard InChI is InChI=1S/C24H28N4O4/c1-14(2)25-23(29)16-7-5-9-19-15(16)8-6-10-28(19)13-22-26-18-12-21(32-4)20(31-3)11-17(18)24(30)27-22/h5,7,9,11-12,14H,6,8,10,13H2,1-4H3,(H,25,29)(H,26,27,30). The van der Waals surface area contributed by atoms with Gasteiger partial charge in [-0.05, 0) is 50.5 Å². The van der Waals surface area contributed by atoms with Crippen molar-refractivity contribution in [2.45, 2.75) is 39.3 Å². The molecule has 2 N–H and O–H groups in total. The number of amides is 1. The SMILES string of the molecule is COc1cc2nc(CN3CCCc4c(C(=O)NC(C)C)cccc43)[nH]c(=O)c2cc1OC. The lowest BCUT2D eigenvalue weighted by molar-refractivity contribution is 0.0942. The number of hydrogen-bond acceptors (Lipinski definition) is 6. The van der Waals surface area contributed by atoms with Gasteiger partial charge in [0.05, 0.1) is 31.7 Å². The van der Waals surface area contributed by atoms with Crippen molar-refractivity contribution in [3.05, 3.63) is 57.6 Å². The van der Waals surface area contributed by atoms with Gasteiger partial charge in [-0.3, -0.25) is 9.59 Å². The number of fused-ring (bicyclic) bond motifs is 2. The lowest BCUT2D eigenvalue weighted by Gasteiger charge is -2.32. The Morgan fingerprint density at radius 2 is 1.97 bits per heavy atom. The number of carbonyl (C=O) groups excluding carboxylic acids is 1. The molecule has 0 atom stereocenters. The van der Waals surface area contributed by atoms with Crippen LogP contribution in [-0.4, -0.2) is 42.7 Å². The molecule has 3 aromatic rings. The summed E-state index contributed by atoms with van der Waals surface area (Å²) in [7, 11) is 3.08. The van der Waals surface area contributed by atoms with Gasteiger partial charge in [-0.1, -0.05) is 6.07 Å². The minimum atomic E-state index is -0.228. The quantitative estimate of drug-likeness (QED) is 0.617. The van der Waals surface area contributed by atoms with E-state index < -0.39 is 0 Å². The molecule has 0 fully saturated rings. The summed E-state index contributed by atoms with van der Waals surface area (Å²) in [6.45, 7) is 5.15. The number of ether oxygens (including phenoxy) is 2. The van der Waals surface area contributed by atoms with Crippen LogP contribution in [0.2, 0.25) is 0 Å². The summed E-state index contributed by atoms with van der Waals surface area (Å²) in [5.74, 6) is 1.50. The summed E-state index contributed by atoms with van der Waals surface area (Å²) in [6, 6.07) is 9.22. The fraction of sp³-hybridized carbons (Fsp3) is 0.375. The molecule has 0 radical (unpaired) electrons. The summed E-state index contributed by atoms with van der Waals surface area (Å²) in [4.78, 5) is 35.2. The first-order valence-corrected chi connectivity index (χ1v) is 10.7. The van der Waals surface area contributed by atoms with Crippen LogP contribution in [0.5, 0.6) is 11.5 Å². The number of hydrogen-bond donors (Lipinski definition) is 2. The topological polar surface area (TPSA) is 96.5 Å². The van der Waals surface area contributed by atoms with Crippen LogP contribution in [0.25, 0.3) is 10.9 Å². The average Bonchev–Trinajstić information content (AvgIpc) is 2.77. The van der Waals surface area contributed by atoms with E-state index in [9.17, 15) is 9.59 Å². The second kappa shape index (κ2) is 8.90. The van der Waals surface area contributed by atoms with Crippen molar-refractivity contribution in [1.82, 2.24) is 15.3 Å². The average molecular weight is 437 g/mol. The molecule has 0 bridgehead atoms. The normalized spacial score (nSPS) is 13.2. The highest BCUT2D eigenvalue weighted by Gasteiger charge is 2.23. The van der Waals surface area contributed by atoms with E-state index in [4.69, 9.17) is 9.47 Å². The van der Waals surface area contributed by atoms with Gasteiger partial charge in [0.25, 0.3) is 11.5 Å². The Bertz CT molecular complexity index is 1220. The largest absolute Gasteiger partial charge is 0.493 e. The van der Waals surface area contributed by atoms with Gasteiger partial charge in [0, 0.05) is 29.9 Å². The molecular formula is C24H28N4O4. The van der Waals surface area contributed by atoms with E-state index in [1.807, 2.05) is 32.0 Å². The zero-order valence-electron chi connectivity index (χ0n) is 18.8. The smallest absolute Gasteiger partial charge is 0.258 e. The molecule has 0 unspecified atom stereocenters. The van der Waals surface area contributed by atoms with E-state index in [0.717, 1.165) is 30.6 Å². The third-order valence-corrected chi connectivity index (χ3v) is 5.61. The number of methoxy groups -OCH3 is 2. The first kappa shape index (κ1) is 21.7. The lowest BCUT2D eigenvalue weighted by Crippen LogP contribution is -2.34. The first-order valence-electron chi connectivity index (χ1n) is 10.7. The number of aromatic nitrogens is 2. The number of nitrogens with zero attached hydrogens (tertiary/aromatic N) is 2. The predicted molar refractivity (Wildman–Crippen MR) is 124 cm³/mol. The van der Waals surface area contributed by atoms with Crippen molar-refractivity contribution in [2.24, 2.45) is 0 Å². The van der Waals surface area contributed by atoms with Crippen LogP contribution in [0.15, 0.2) is 35.1 Å². The van der Waals surface area contributed by atoms with Gasteiger partial charge in [0.1, 0.15) is 5.82 Å². The van der Waals surface area contributed by atoms with E-state index in [-0.39, 0.29) is 17.5 Å². The molecule has 1 aromatic heterocycles. The molecule has 0 aliphatic carbocycles. The second-order valence-electron chi connectivity index (χ2n) is 8.19. The highest BCUT2D eigenvalue weighted by Crippen LogP contribution is 2.32. The third-order valence-electron chi connectivity index (χ3n) is 5.61. The van der Waals surface area contributed by atoms with Crippen molar-refractivity contribution in [3.8, 4) is 11.5 Å². The van der Waals surface area contributed by atoms with Crippen LogP contribution in [0.1, 0.15) is 42.0 Å². The molecule has 2 aromatic carbocycles. The maximum absolute atomic E-state index is 12.7. The second-order valence-corrected chi connectivity index (χ2v) is 8.19. The van der Waals surface area contributed by atoms with E-state index in [1.165, 1.54) is 7.11 Å². The van der Waals surface area contributed by atoms with Crippen LogP contribution in [0.3, 0.4) is 0 Å². The highest BCUT2D eigenvalue weighted by atomic mass is 16.5. The van der Waals surface area contributed by atoms with Gasteiger partial charge < -0.3 is 24.7 Å². The summed E-state index contributed by atoms with van der Waals surface area (Å²) in [5.41, 5.74) is 3.06. The minimum absolute atomic E-state index is 0.0584. The molecule has 4 rings (SSSR count). The first-order chi connectivity index (χ1) is 15.4.